The molecule has 142 valence electrons. The minimum absolute atomic E-state index is 0.415. The van der Waals surface area contributed by atoms with Crippen LogP contribution in [-0.4, -0.2) is 45.5 Å². The van der Waals surface area contributed by atoms with Gasteiger partial charge in [-0.3, -0.25) is 0 Å². The van der Waals surface area contributed by atoms with Crippen LogP contribution >= 0.6 is 11.5 Å². The second kappa shape index (κ2) is 7.67. The van der Waals surface area contributed by atoms with Crippen molar-refractivity contribution in [3.05, 3.63) is 35.9 Å². The number of benzene rings is 1. The average Bonchev–Trinajstić information content (AvgIpc) is 3.04. The lowest BCUT2D eigenvalue weighted by atomic mass is 10.2. The number of halogens is 2. The second-order valence-electron chi connectivity index (χ2n) is 6.40. The van der Waals surface area contributed by atoms with Crippen LogP contribution in [0.2, 0.25) is 0 Å². The Hall–Kier alpha value is -2.42. The van der Waals surface area contributed by atoms with Crippen LogP contribution in [0.5, 0.6) is 0 Å². The summed E-state index contributed by atoms with van der Waals surface area (Å²) in [6.07, 6.45) is -0.978. The van der Waals surface area contributed by atoms with Crippen LogP contribution in [0.15, 0.2) is 24.3 Å². The normalized spacial score (nSPS) is 15.6. The Morgan fingerprint density at radius 1 is 1.04 bits per heavy atom. The molecule has 3 aromatic rings. The molecule has 0 radical (unpaired) electrons. The van der Waals surface area contributed by atoms with Gasteiger partial charge in [-0.05, 0) is 18.6 Å². The topological polar surface area (TPSA) is 58.0 Å². The van der Waals surface area contributed by atoms with E-state index in [-0.39, 0.29) is 0 Å². The van der Waals surface area contributed by atoms with Gasteiger partial charge in [-0.2, -0.15) is 4.37 Å². The summed E-state index contributed by atoms with van der Waals surface area (Å²) < 4.78 is 30.9. The van der Waals surface area contributed by atoms with Crippen molar-refractivity contribution in [2.24, 2.45) is 0 Å². The van der Waals surface area contributed by atoms with Crippen molar-refractivity contribution in [3.63, 3.8) is 0 Å². The number of alkyl halides is 2. The molecule has 0 saturated carbocycles. The monoisotopic (exact) mass is 390 g/mol. The standard InChI is InChI=1S/C18H20F2N6S/c1-2-14-22-18(27-24-14)26-9-5-8-25(10-11-26)17-12-6-3-4-7-13(12)21-16(23-17)15(19)20/h3-4,6-7,15H,2,5,8-11H2,1H3. The summed E-state index contributed by atoms with van der Waals surface area (Å²) in [7, 11) is 0. The molecule has 1 aromatic carbocycles. The van der Waals surface area contributed by atoms with Gasteiger partial charge in [0, 0.05) is 49.5 Å². The molecule has 0 bridgehead atoms. The number of para-hydroxylation sites is 1. The molecular weight excluding hydrogens is 370 g/mol. The SMILES string of the molecule is CCc1nsc(N2CCCN(c3nc(C(F)F)nc4ccccc34)CC2)n1. The first kappa shape index (κ1) is 18.0. The van der Waals surface area contributed by atoms with Crippen molar-refractivity contribution in [2.75, 3.05) is 36.0 Å². The zero-order chi connectivity index (χ0) is 18.8. The van der Waals surface area contributed by atoms with Crippen molar-refractivity contribution < 1.29 is 8.78 Å². The number of nitrogens with zero attached hydrogens (tertiary/aromatic N) is 6. The maximum atomic E-state index is 13.3. The van der Waals surface area contributed by atoms with E-state index in [4.69, 9.17) is 0 Å². The van der Waals surface area contributed by atoms with E-state index < -0.39 is 12.2 Å². The van der Waals surface area contributed by atoms with Crippen molar-refractivity contribution in [1.82, 2.24) is 19.3 Å². The highest BCUT2D eigenvalue weighted by Gasteiger charge is 2.22. The highest BCUT2D eigenvalue weighted by Crippen LogP contribution is 2.28. The van der Waals surface area contributed by atoms with Gasteiger partial charge >= 0.3 is 0 Å². The molecule has 0 amide bonds. The zero-order valence-electron chi connectivity index (χ0n) is 15.0. The van der Waals surface area contributed by atoms with Crippen molar-refractivity contribution >= 4 is 33.4 Å². The molecule has 1 fully saturated rings. The Labute approximate surface area is 160 Å². The lowest BCUT2D eigenvalue weighted by Gasteiger charge is -2.24. The molecule has 3 heterocycles. The molecule has 9 heteroatoms. The number of anilines is 2. The van der Waals surface area contributed by atoms with Gasteiger partial charge in [0.15, 0.2) is 5.82 Å². The Morgan fingerprint density at radius 2 is 1.81 bits per heavy atom. The third-order valence-electron chi connectivity index (χ3n) is 4.64. The quantitative estimate of drug-likeness (QED) is 0.677. The van der Waals surface area contributed by atoms with Crippen LogP contribution in [0.4, 0.5) is 19.7 Å². The van der Waals surface area contributed by atoms with Gasteiger partial charge < -0.3 is 9.80 Å². The van der Waals surface area contributed by atoms with Crippen LogP contribution in [0.3, 0.4) is 0 Å². The fourth-order valence-corrected chi connectivity index (χ4v) is 4.05. The minimum Gasteiger partial charge on any atom is -0.354 e. The second-order valence-corrected chi connectivity index (χ2v) is 7.13. The highest BCUT2D eigenvalue weighted by atomic mass is 32.1. The summed E-state index contributed by atoms with van der Waals surface area (Å²) in [6.45, 7) is 5.08. The smallest absolute Gasteiger partial charge is 0.297 e. The van der Waals surface area contributed by atoms with E-state index in [9.17, 15) is 8.78 Å². The third-order valence-corrected chi connectivity index (χ3v) is 5.45. The molecule has 4 rings (SSSR count). The maximum Gasteiger partial charge on any atom is 0.297 e. The third kappa shape index (κ3) is 3.69. The molecule has 1 aliphatic heterocycles. The summed E-state index contributed by atoms with van der Waals surface area (Å²) in [5.41, 5.74) is 0.551. The Morgan fingerprint density at radius 3 is 2.59 bits per heavy atom. The molecular formula is C18H20F2N6S. The fourth-order valence-electron chi connectivity index (χ4n) is 3.25. The molecule has 0 N–H and O–H groups in total. The molecule has 1 aliphatic rings. The van der Waals surface area contributed by atoms with Crippen LogP contribution in [0.25, 0.3) is 10.9 Å². The summed E-state index contributed by atoms with van der Waals surface area (Å²) in [5, 5.41) is 1.73. The summed E-state index contributed by atoms with van der Waals surface area (Å²) >= 11 is 1.42. The minimum atomic E-state index is -2.69. The fraction of sp³-hybridized carbons (Fsp3) is 0.444. The first-order valence-electron chi connectivity index (χ1n) is 9.03. The predicted molar refractivity (Wildman–Crippen MR) is 103 cm³/mol. The maximum absolute atomic E-state index is 13.3. The van der Waals surface area contributed by atoms with Gasteiger partial charge in [0.05, 0.1) is 5.52 Å². The largest absolute Gasteiger partial charge is 0.354 e. The van der Waals surface area contributed by atoms with Crippen LogP contribution in [0, 0.1) is 0 Å². The average molecular weight is 390 g/mol. The van der Waals surface area contributed by atoms with Gasteiger partial charge in [-0.1, -0.05) is 19.1 Å². The number of aromatic nitrogens is 4. The van der Waals surface area contributed by atoms with Gasteiger partial charge in [0.1, 0.15) is 11.6 Å². The van der Waals surface area contributed by atoms with E-state index in [1.54, 1.807) is 12.1 Å². The Balaban J connectivity index is 1.62. The molecule has 0 spiro atoms. The molecule has 0 atom stereocenters. The summed E-state index contributed by atoms with van der Waals surface area (Å²) in [4.78, 5) is 17.1. The van der Waals surface area contributed by atoms with Gasteiger partial charge in [0.2, 0.25) is 5.13 Å². The molecule has 0 unspecified atom stereocenters. The van der Waals surface area contributed by atoms with E-state index in [2.05, 4.69) is 29.1 Å². The van der Waals surface area contributed by atoms with Gasteiger partial charge in [0.25, 0.3) is 6.43 Å². The first-order chi connectivity index (χ1) is 13.2. The van der Waals surface area contributed by atoms with Gasteiger partial charge in [-0.25, -0.2) is 23.7 Å². The predicted octanol–water partition coefficient (Wildman–Crippen LogP) is 3.70. The highest BCUT2D eigenvalue weighted by molar-refractivity contribution is 7.09. The molecule has 2 aromatic heterocycles. The number of hydrogen-bond acceptors (Lipinski definition) is 7. The molecule has 1 saturated heterocycles. The van der Waals surface area contributed by atoms with E-state index >= 15 is 0 Å². The van der Waals surface area contributed by atoms with Crippen molar-refractivity contribution in [2.45, 2.75) is 26.2 Å². The number of hydrogen-bond donors (Lipinski definition) is 0. The lowest BCUT2D eigenvalue weighted by Crippen LogP contribution is -2.31. The van der Waals surface area contributed by atoms with E-state index in [1.807, 2.05) is 19.1 Å². The van der Waals surface area contributed by atoms with E-state index in [0.29, 0.717) is 17.9 Å². The number of rotatable bonds is 4. The van der Waals surface area contributed by atoms with Gasteiger partial charge in [-0.15, -0.1) is 0 Å². The van der Waals surface area contributed by atoms with Crippen molar-refractivity contribution in [3.8, 4) is 0 Å². The molecule has 6 nitrogen and oxygen atoms in total. The van der Waals surface area contributed by atoms with Crippen molar-refractivity contribution in [1.29, 1.82) is 0 Å². The summed E-state index contributed by atoms with van der Waals surface area (Å²) in [5.74, 6) is 1.03. The van der Waals surface area contributed by atoms with Crippen LogP contribution in [0.1, 0.15) is 31.4 Å². The molecule has 0 aliphatic carbocycles. The van der Waals surface area contributed by atoms with Crippen LogP contribution in [-0.2, 0) is 6.42 Å². The van der Waals surface area contributed by atoms with E-state index in [1.165, 1.54) is 11.5 Å². The first-order valence-corrected chi connectivity index (χ1v) is 9.80. The lowest BCUT2D eigenvalue weighted by molar-refractivity contribution is 0.141. The summed E-state index contributed by atoms with van der Waals surface area (Å²) in [6, 6.07) is 7.33. The molecule has 27 heavy (non-hydrogen) atoms. The zero-order valence-corrected chi connectivity index (χ0v) is 15.8. The van der Waals surface area contributed by atoms with E-state index in [0.717, 1.165) is 48.8 Å². The number of fused-ring (bicyclic) bond motifs is 1. The van der Waals surface area contributed by atoms with Crippen LogP contribution < -0.4 is 9.80 Å². The Bertz CT molecular complexity index is 931. The number of aryl methyl sites for hydroxylation is 1. The Kier molecular flexibility index (Phi) is 5.11.